The third-order valence-corrected chi connectivity index (χ3v) is 4.20. The molecule has 0 aromatic carbocycles. The van der Waals surface area contributed by atoms with Gasteiger partial charge in [0, 0.05) is 13.0 Å². The van der Waals surface area contributed by atoms with Crippen molar-refractivity contribution in [1.29, 1.82) is 10.5 Å². The minimum absolute atomic E-state index is 0.300. The van der Waals surface area contributed by atoms with Crippen molar-refractivity contribution < 1.29 is 8.42 Å². The third-order valence-electron chi connectivity index (χ3n) is 2.41. The van der Waals surface area contributed by atoms with Crippen LogP contribution in [0.5, 0.6) is 0 Å². The molecule has 0 saturated heterocycles. The SMILES string of the molecule is CCC(C#N)S(=O)(=O)NCCCCCCC#N. The molecule has 0 heterocycles. The largest absolute Gasteiger partial charge is 0.227 e. The van der Waals surface area contributed by atoms with Gasteiger partial charge >= 0.3 is 0 Å². The molecule has 0 aliphatic carbocycles. The van der Waals surface area contributed by atoms with Crippen LogP contribution in [0.15, 0.2) is 0 Å². The number of rotatable bonds is 9. The average Bonchev–Trinajstić information content (AvgIpc) is 2.29. The van der Waals surface area contributed by atoms with Gasteiger partial charge in [-0.25, -0.2) is 13.1 Å². The van der Waals surface area contributed by atoms with E-state index in [4.69, 9.17) is 10.5 Å². The van der Waals surface area contributed by atoms with E-state index < -0.39 is 15.3 Å². The summed E-state index contributed by atoms with van der Waals surface area (Å²) in [7, 11) is -3.48. The molecule has 1 unspecified atom stereocenters. The van der Waals surface area contributed by atoms with Crippen LogP contribution in [0.1, 0.15) is 45.4 Å². The van der Waals surface area contributed by atoms with Crippen LogP contribution in [-0.4, -0.2) is 20.2 Å². The van der Waals surface area contributed by atoms with Crippen LogP contribution in [0.25, 0.3) is 0 Å². The van der Waals surface area contributed by atoms with Crippen LogP contribution >= 0.6 is 0 Å². The standard InChI is InChI=1S/C11H19N3O2S/c1-2-11(10-13)17(15,16)14-9-7-5-3-4-6-8-12/h11,14H,2-7,9H2,1H3. The summed E-state index contributed by atoms with van der Waals surface area (Å²) in [5.74, 6) is 0. The fourth-order valence-corrected chi connectivity index (χ4v) is 2.59. The zero-order chi connectivity index (χ0) is 13.1. The highest BCUT2D eigenvalue weighted by Crippen LogP contribution is 2.04. The van der Waals surface area contributed by atoms with Crippen LogP contribution in [0.4, 0.5) is 0 Å². The highest BCUT2D eigenvalue weighted by Gasteiger charge is 2.22. The summed E-state index contributed by atoms with van der Waals surface area (Å²) < 4.78 is 25.5. The van der Waals surface area contributed by atoms with Gasteiger partial charge < -0.3 is 0 Å². The Hall–Kier alpha value is -1.11. The van der Waals surface area contributed by atoms with E-state index in [9.17, 15) is 8.42 Å². The minimum atomic E-state index is -3.48. The fourth-order valence-electron chi connectivity index (χ4n) is 1.38. The molecule has 6 heteroatoms. The Morgan fingerprint density at radius 3 is 2.35 bits per heavy atom. The number of hydrogen-bond acceptors (Lipinski definition) is 4. The van der Waals surface area contributed by atoms with Gasteiger partial charge in [-0.1, -0.05) is 19.8 Å². The lowest BCUT2D eigenvalue weighted by Gasteiger charge is -2.09. The number of nitrogens with one attached hydrogen (secondary N) is 1. The second-order valence-electron chi connectivity index (χ2n) is 3.79. The van der Waals surface area contributed by atoms with E-state index in [0.717, 1.165) is 25.7 Å². The first-order valence-electron chi connectivity index (χ1n) is 5.83. The van der Waals surface area contributed by atoms with Crippen molar-refractivity contribution in [3.05, 3.63) is 0 Å². The Bertz CT molecular complexity index is 379. The van der Waals surface area contributed by atoms with Crippen molar-refractivity contribution in [2.24, 2.45) is 0 Å². The van der Waals surface area contributed by atoms with Crippen LogP contribution < -0.4 is 4.72 Å². The number of nitriles is 2. The summed E-state index contributed by atoms with van der Waals surface area (Å²) in [4.78, 5) is 0. The van der Waals surface area contributed by atoms with Gasteiger partial charge in [0.1, 0.15) is 0 Å². The lowest BCUT2D eigenvalue weighted by molar-refractivity contribution is 0.564. The van der Waals surface area contributed by atoms with Crippen LogP contribution in [-0.2, 0) is 10.0 Å². The molecule has 0 aliphatic heterocycles. The number of hydrogen-bond donors (Lipinski definition) is 1. The zero-order valence-corrected chi connectivity index (χ0v) is 11.0. The summed E-state index contributed by atoms with van der Waals surface area (Å²) in [6, 6.07) is 3.84. The van der Waals surface area contributed by atoms with Gasteiger partial charge in [0.2, 0.25) is 10.0 Å². The van der Waals surface area contributed by atoms with E-state index >= 15 is 0 Å². The molecule has 0 saturated carbocycles. The van der Waals surface area contributed by atoms with Gasteiger partial charge in [-0.2, -0.15) is 10.5 Å². The third kappa shape index (κ3) is 6.93. The second-order valence-corrected chi connectivity index (χ2v) is 5.74. The molecule has 1 atom stereocenters. The molecule has 96 valence electrons. The zero-order valence-electron chi connectivity index (χ0n) is 10.1. The molecule has 0 bridgehead atoms. The average molecular weight is 257 g/mol. The number of unbranched alkanes of at least 4 members (excludes halogenated alkanes) is 4. The molecule has 0 rings (SSSR count). The summed E-state index contributed by atoms with van der Waals surface area (Å²) in [5, 5.41) is 16.0. The van der Waals surface area contributed by atoms with E-state index in [1.54, 1.807) is 13.0 Å². The van der Waals surface area contributed by atoms with Gasteiger partial charge in [-0.3, -0.25) is 0 Å². The Morgan fingerprint density at radius 1 is 1.18 bits per heavy atom. The van der Waals surface area contributed by atoms with Crippen molar-refractivity contribution in [2.45, 2.75) is 50.7 Å². The highest BCUT2D eigenvalue weighted by molar-refractivity contribution is 7.90. The molecule has 0 fully saturated rings. The maximum atomic E-state index is 11.6. The molecular formula is C11H19N3O2S. The molecule has 0 spiro atoms. The van der Waals surface area contributed by atoms with Gasteiger partial charge in [-0.15, -0.1) is 0 Å². The molecule has 0 aromatic rings. The monoisotopic (exact) mass is 257 g/mol. The Kier molecular flexibility index (Phi) is 8.39. The van der Waals surface area contributed by atoms with E-state index in [0.29, 0.717) is 19.4 Å². The summed E-state index contributed by atoms with van der Waals surface area (Å²) in [5.41, 5.74) is 0. The number of nitrogens with zero attached hydrogens (tertiary/aromatic N) is 2. The van der Waals surface area contributed by atoms with Crippen molar-refractivity contribution in [2.75, 3.05) is 6.54 Å². The molecule has 0 aromatic heterocycles. The topological polar surface area (TPSA) is 93.8 Å². The van der Waals surface area contributed by atoms with Gasteiger partial charge in [0.05, 0.1) is 12.1 Å². The Morgan fingerprint density at radius 2 is 1.82 bits per heavy atom. The molecule has 0 amide bonds. The predicted molar refractivity (Wildman–Crippen MR) is 65.3 cm³/mol. The fraction of sp³-hybridized carbons (Fsp3) is 0.818. The minimum Gasteiger partial charge on any atom is -0.214 e. The van der Waals surface area contributed by atoms with E-state index in [2.05, 4.69) is 10.8 Å². The van der Waals surface area contributed by atoms with Crippen molar-refractivity contribution >= 4 is 10.0 Å². The summed E-state index contributed by atoms with van der Waals surface area (Å²) in [6.45, 7) is 2.04. The maximum Gasteiger partial charge on any atom is 0.227 e. The first-order valence-corrected chi connectivity index (χ1v) is 7.38. The smallest absolute Gasteiger partial charge is 0.214 e. The van der Waals surface area contributed by atoms with Crippen molar-refractivity contribution in [3.8, 4) is 12.1 Å². The molecule has 0 radical (unpaired) electrons. The van der Waals surface area contributed by atoms with E-state index in [1.165, 1.54) is 0 Å². The van der Waals surface area contributed by atoms with Crippen LogP contribution in [0, 0.1) is 22.7 Å². The molecule has 5 nitrogen and oxygen atoms in total. The maximum absolute atomic E-state index is 11.6. The van der Waals surface area contributed by atoms with Gasteiger partial charge in [-0.05, 0) is 19.3 Å². The molecule has 17 heavy (non-hydrogen) atoms. The highest BCUT2D eigenvalue weighted by atomic mass is 32.2. The molecular weight excluding hydrogens is 238 g/mol. The lowest BCUT2D eigenvalue weighted by atomic mass is 10.1. The summed E-state index contributed by atoms with van der Waals surface area (Å²) >= 11 is 0. The first kappa shape index (κ1) is 15.9. The van der Waals surface area contributed by atoms with Crippen molar-refractivity contribution in [1.82, 2.24) is 4.72 Å². The Balaban J connectivity index is 3.75. The molecule has 1 N–H and O–H groups in total. The predicted octanol–water partition coefficient (Wildman–Crippen LogP) is 1.68. The van der Waals surface area contributed by atoms with E-state index in [1.807, 2.05) is 0 Å². The van der Waals surface area contributed by atoms with Crippen LogP contribution in [0.2, 0.25) is 0 Å². The van der Waals surface area contributed by atoms with Crippen molar-refractivity contribution in [3.63, 3.8) is 0 Å². The number of sulfonamides is 1. The normalized spacial score (nSPS) is 12.6. The molecule has 0 aliphatic rings. The first-order chi connectivity index (χ1) is 8.08. The van der Waals surface area contributed by atoms with Gasteiger partial charge in [0.15, 0.2) is 5.25 Å². The summed E-state index contributed by atoms with van der Waals surface area (Å²) in [6.07, 6.45) is 4.29. The van der Waals surface area contributed by atoms with E-state index in [-0.39, 0.29) is 0 Å². The lowest BCUT2D eigenvalue weighted by Crippen LogP contribution is -2.33. The quantitative estimate of drug-likeness (QED) is 0.636. The Labute approximate surface area is 103 Å². The van der Waals surface area contributed by atoms with Crippen LogP contribution in [0.3, 0.4) is 0 Å². The van der Waals surface area contributed by atoms with Gasteiger partial charge in [0.25, 0.3) is 0 Å². The second kappa shape index (κ2) is 8.98.